The number of unbranched alkanes of at least 4 members (excludes halogenated alkanes) is 1. The largest absolute Gasteiger partial charge is 0.493 e. The number of ether oxygens (including phenoxy) is 4. The van der Waals surface area contributed by atoms with Crippen molar-refractivity contribution in [2.45, 2.75) is 124 Å². The maximum Gasteiger partial charge on any atom is 0.407 e. The smallest absolute Gasteiger partial charge is 0.407 e. The Morgan fingerprint density at radius 3 is 1.81 bits per heavy atom. The molecule has 5 rings (SSSR count). The summed E-state index contributed by atoms with van der Waals surface area (Å²) >= 11 is 0. The summed E-state index contributed by atoms with van der Waals surface area (Å²) in [5, 5.41) is 28.8. The van der Waals surface area contributed by atoms with Gasteiger partial charge in [0.05, 0.1) is 6.61 Å². The number of amides is 4. The zero-order valence-electron chi connectivity index (χ0n) is 44.4. The van der Waals surface area contributed by atoms with Gasteiger partial charge in [-0.15, -0.1) is 0 Å². The Bertz CT molecular complexity index is 2650. The molecule has 4 atom stereocenters. The number of benzene rings is 5. The molecule has 4 amide bonds. The fourth-order valence-electron chi connectivity index (χ4n) is 8.18. The molecule has 0 aliphatic heterocycles. The molecule has 16 nitrogen and oxygen atoms in total. The van der Waals surface area contributed by atoms with Gasteiger partial charge in [-0.2, -0.15) is 0 Å². The quantitative estimate of drug-likeness (QED) is 0.0114. The Labute approximate surface area is 436 Å². The third-order valence-corrected chi connectivity index (χ3v) is 12.4. The van der Waals surface area contributed by atoms with Gasteiger partial charge in [-0.25, -0.2) is 9.59 Å². The lowest BCUT2D eigenvalue weighted by Gasteiger charge is -2.27. The number of hydrogen-bond acceptors (Lipinski definition) is 10. The summed E-state index contributed by atoms with van der Waals surface area (Å²) in [7, 11) is 1.61. The highest BCUT2D eigenvalue weighted by Crippen LogP contribution is 2.45. The van der Waals surface area contributed by atoms with E-state index in [9.17, 15) is 24.0 Å². The van der Waals surface area contributed by atoms with Gasteiger partial charge in [0.2, 0.25) is 11.8 Å². The molecular formula is C58H77N7O9. The van der Waals surface area contributed by atoms with E-state index in [-0.39, 0.29) is 37.9 Å². The summed E-state index contributed by atoms with van der Waals surface area (Å²) < 4.78 is 24.0. The standard InChI is InChI=1S/C58H77N7O9/c1-9-39(4)52(55(69)73-36-40-20-11-10-12-21-40)65-54(68)46(27-19-34-61-56(59)60-8)64-53(67)45(26-17-18-33-62-57(70)74-58(5,6)7)63-49(66)37-72-48-31-29-42-23-14-16-25-44(42)51(48)50-43-24-15-13-22-41(43)28-30-47(50)71-35-32-38(2)3/h10-16,20-25,28-31,38-39,45-46,52H,9,17-19,26-27,32-37H2,1-8H3,(H,62,70)(H,63,66)(H,64,67)(H,65,68)(H3,59,60,61)/t39?,45-,46-,52+/m1/s1. The van der Waals surface area contributed by atoms with Crippen LogP contribution in [0.2, 0.25) is 0 Å². The lowest BCUT2D eigenvalue weighted by atomic mass is 9.92. The number of guanidine groups is 1. The Kier molecular flexibility index (Phi) is 22.4. The summed E-state index contributed by atoms with van der Waals surface area (Å²) in [4.78, 5) is 69.0. The minimum atomic E-state index is -1.15. The topological polar surface area (TPSA) is 218 Å². The molecule has 5 aromatic rings. The first-order chi connectivity index (χ1) is 35.5. The first-order valence-corrected chi connectivity index (χ1v) is 25.8. The SMILES string of the molecule is CCC(C)[C@H](NC(=O)[C@@H](CCCNC(=N)NC)NC(=O)[C@@H](CCCCNC(=O)OC(C)(C)C)NC(=O)COc1ccc2ccccc2c1-c1c(OCCC(C)C)ccc2ccccc12)C(=O)OCc1ccccc1. The van der Waals surface area contributed by atoms with E-state index in [1.807, 2.05) is 117 Å². The van der Waals surface area contributed by atoms with Crippen LogP contribution in [0.4, 0.5) is 4.79 Å². The zero-order valence-corrected chi connectivity index (χ0v) is 44.4. The molecule has 0 aliphatic rings. The van der Waals surface area contributed by atoms with E-state index in [2.05, 4.69) is 45.7 Å². The van der Waals surface area contributed by atoms with Gasteiger partial charge in [-0.3, -0.25) is 19.8 Å². The summed E-state index contributed by atoms with van der Waals surface area (Å²) in [6, 6.07) is 29.7. The predicted molar refractivity (Wildman–Crippen MR) is 291 cm³/mol. The highest BCUT2D eigenvalue weighted by Gasteiger charge is 2.33. The van der Waals surface area contributed by atoms with Crippen molar-refractivity contribution < 1.29 is 42.9 Å². The highest BCUT2D eigenvalue weighted by atomic mass is 16.6. The average Bonchev–Trinajstić information content (AvgIpc) is 3.38. The monoisotopic (exact) mass is 1020 g/mol. The molecule has 0 saturated heterocycles. The molecule has 16 heteroatoms. The second-order valence-corrected chi connectivity index (χ2v) is 19.9. The van der Waals surface area contributed by atoms with E-state index in [0.29, 0.717) is 56.3 Å². The molecule has 0 aromatic heterocycles. The predicted octanol–water partition coefficient (Wildman–Crippen LogP) is 8.93. The maximum absolute atomic E-state index is 14.5. The van der Waals surface area contributed by atoms with Gasteiger partial charge in [0, 0.05) is 31.3 Å². The van der Waals surface area contributed by atoms with Gasteiger partial charge in [-0.05, 0) is 110 Å². The zero-order chi connectivity index (χ0) is 53.6. The molecule has 0 bridgehead atoms. The van der Waals surface area contributed by atoms with E-state index in [0.717, 1.165) is 44.7 Å². The van der Waals surface area contributed by atoms with E-state index in [1.165, 1.54) is 0 Å². The minimum Gasteiger partial charge on any atom is -0.493 e. The van der Waals surface area contributed by atoms with Gasteiger partial charge in [-0.1, -0.05) is 125 Å². The molecule has 0 heterocycles. The van der Waals surface area contributed by atoms with Crippen LogP contribution in [-0.2, 0) is 35.3 Å². The third-order valence-electron chi connectivity index (χ3n) is 12.4. The van der Waals surface area contributed by atoms with Crippen LogP contribution in [0, 0.1) is 17.2 Å². The summed E-state index contributed by atoms with van der Waals surface area (Å²) in [6.45, 7) is 14.0. The van der Waals surface area contributed by atoms with E-state index in [4.69, 9.17) is 24.4 Å². The van der Waals surface area contributed by atoms with Crippen molar-refractivity contribution in [3.8, 4) is 22.6 Å². The number of carbonyl (C=O) groups is 5. The minimum absolute atomic E-state index is 0.0172. The molecule has 0 aliphatic carbocycles. The van der Waals surface area contributed by atoms with Crippen LogP contribution in [-0.4, -0.2) is 92.8 Å². The lowest BCUT2D eigenvalue weighted by Crippen LogP contribution is -2.57. The van der Waals surface area contributed by atoms with Crippen molar-refractivity contribution in [3.63, 3.8) is 0 Å². The van der Waals surface area contributed by atoms with Crippen LogP contribution >= 0.6 is 0 Å². The number of esters is 1. The number of carbonyl (C=O) groups excluding carboxylic acids is 5. The second-order valence-electron chi connectivity index (χ2n) is 19.9. The molecule has 1 unspecified atom stereocenters. The first-order valence-electron chi connectivity index (χ1n) is 25.8. The number of rotatable bonds is 27. The van der Waals surface area contributed by atoms with Gasteiger partial charge >= 0.3 is 12.1 Å². The van der Waals surface area contributed by atoms with Crippen LogP contribution in [0.15, 0.2) is 103 Å². The van der Waals surface area contributed by atoms with E-state index >= 15 is 0 Å². The Morgan fingerprint density at radius 2 is 1.20 bits per heavy atom. The number of alkyl carbamates (subject to hydrolysis) is 1. The molecule has 0 spiro atoms. The normalized spacial score (nSPS) is 12.9. The molecule has 5 aromatic carbocycles. The van der Waals surface area contributed by atoms with Crippen LogP contribution < -0.4 is 41.4 Å². The molecule has 0 fully saturated rings. The fourth-order valence-corrected chi connectivity index (χ4v) is 8.18. The summed E-state index contributed by atoms with van der Waals surface area (Å²) in [5.74, 6) is -1.11. The van der Waals surface area contributed by atoms with Crippen molar-refractivity contribution >= 4 is 57.3 Å². The molecule has 398 valence electrons. The van der Waals surface area contributed by atoms with Crippen molar-refractivity contribution in [1.29, 1.82) is 5.41 Å². The first kappa shape index (κ1) is 57.5. The molecule has 0 radical (unpaired) electrons. The van der Waals surface area contributed by atoms with Crippen molar-refractivity contribution in [2.24, 2.45) is 11.8 Å². The molecular weight excluding hydrogens is 939 g/mol. The molecule has 0 saturated carbocycles. The molecule has 7 N–H and O–H groups in total. The van der Waals surface area contributed by atoms with Crippen molar-refractivity contribution in [2.75, 3.05) is 33.4 Å². The van der Waals surface area contributed by atoms with Crippen LogP contribution in [0.1, 0.15) is 99.0 Å². The molecule has 74 heavy (non-hydrogen) atoms. The van der Waals surface area contributed by atoms with Crippen molar-refractivity contribution in [3.05, 3.63) is 109 Å². The maximum atomic E-state index is 14.5. The Morgan fingerprint density at radius 1 is 0.635 bits per heavy atom. The summed E-state index contributed by atoms with van der Waals surface area (Å²) in [6.07, 6.45) is 2.28. The highest BCUT2D eigenvalue weighted by molar-refractivity contribution is 6.10. The number of hydrogen-bond donors (Lipinski definition) is 7. The van der Waals surface area contributed by atoms with E-state index < -0.39 is 60.1 Å². The lowest BCUT2D eigenvalue weighted by molar-refractivity contribution is -0.151. The van der Waals surface area contributed by atoms with E-state index in [1.54, 1.807) is 27.8 Å². The van der Waals surface area contributed by atoms with Gasteiger partial charge in [0.1, 0.15) is 41.8 Å². The number of nitrogens with one attached hydrogen (secondary N) is 7. The average molecular weight is 1020 g/mol. The Hall–Kier alpha value is -7.36. The summed E-state index contributed by atoms with van der Waals surface area (Å²) in [5.41, 5.74) is 1.69. The van der Waals surface area contributed by atoms with Gasteiger partial charge < -0.3 is 50.8 Å². The Balaban J connectivity index is 1.41. The fraction of sp³-hybridized carbons (Fsp3) is 0.448. The second kappa shape index (κ2) is 28.8. The van der Waals surface area contributed by atoms with Crippen LogP contribution in [0.5, 0.6) is 11.5 Å². The third kappa shape index (κ3) is 18.0. The van der Waals surface area contributed by atoms with Gasteiger partial charge in [0.15, 0.2) is 12.6 Å². The van der Waals surface area contributed by atoms with Crippen LogP contribution in [0.3, 0.4) is 0 Å². The van der Waals surface area contributed by atoms with Gasteiger partial charge in [0.25, 0.3) is 5.91 Å². The number of fused-ring (bicyclic) bond motifs is 2. The van der Waals surface area contributed by atoms with Crippen molar-refractivity contribution in [1.82, 2.24) is 31.9 Å². The van der Waals surface area contributed by atoms with Crippen LogP contribution in [0.25, 0.3) is 32.7 Å².